The van der Waals surface area contributed by atoms with Crippen molar-refractivity contribution in [2.75, 3.05) is 36.1 Å². The third-order valence-corrected chi connectivity index (χ3v) is 12.5. The number of tetrazole rings is 1. The topological polar surface area (TPSA) is 207 Å². The summed E-state index contributed by atoms with van der Waals surface area (Å²) in [6.07, 6.45) is 3.83. The summed E-state index contributed by atoms with van der Waals surface area (Å²) in [5, 5.41) is 31.3. The summed E-state index contributed by atoms with van der Waals surface area (Å²) >= 11 is 5.96. The van der Waals surface area contributed by atoms with E-state index in [0.29, 0.717) is 46.4 Å². The van der Waals surface area contributed by atoms with E-state index in [1.165, 1.54) is 28.2 Å². The van der Waals surface area contributed by atoms with Crippen molar-refractivity contribution in [3.05, 3.63) is 34.7 Å². The van der Waals surface area contributed by atoms with Gasteiger partial charge in [0.1, 0.15) is 16.1 Å². The van der Waals surface area contributed by atoms with Crippen LogP contribution in [-0.4, -0.2) is 118 Å². The van der Waals surface area contributed by atoms with Gasteiger partial charge in [-0.05, 0) is 21.6 Å². The molecular weight excluding hydrogens is 688 g/mol. The van der Waals surface area contributed by atoms with Gasteiger partial charge >= 0.3 is 41.6 Å². The molecule has 3 N–H and O–H groups in total. The number of carboxylic acids is 1. The molecule has 6 amide bonds. The summed E-state index contributed by atoms with van der Waals surface area (Å²) < 4.78 is 1.42. The number of aliphatic carboxylic acids is 1. The minimum absolute atomic E-state index is 0. The van der Waals surface area contributed by atoms with Crippen molar-refractivity contribution in [2.45, 2.75) is 34.1 Å². The third kappa shape index (κ3) is 7.31. The predicted octanol–water partition coefficient (Wildman–Crippen LogP) is -3.75. The molecule has 5 heterocycles. The van der Waals surface area contributed by atoms with E-state index in [4.69, 9.17) is 4.99 Å². The van der Waals surface area contributed by atoms with Crippen molar-refractivity contribution in [2.24, 2.45) is 12.0 Å². The van der Waals surface area contributed by atoms with Crippen LogP contribution in [0.2, 0.25) is 0 Å². The zero-order chi connectivity index (χ0) is 31.7. The molecular formula is C25H27N10NaO6S4. The fourth-order valence-corrected chi connectivity index (χ4v) is 10.0. The molecule has 3 fully saturated rings. The number of allylic oxidation sites excluding steroid dienone is 3. The number of hydrogen-bond acceptors (Lipinski definition) is 14. The maximum Gasteiger partial charge on any atom is 1.00 e. The molecule has 2 atom stereocenters. The van der Waals surface area contributed by atoms with Crippen LogP contribution in [0.1, 0.15) is 12.8 Å². The molecule has 1 aromatic heterocycles. The molecule has 6 rings (SSSR count). The van der Waals surface area contributed by atoms with Crippen LogP contribution >= 0.6 is 47.0 Å². The Hall–Kier alpha value is -2.49. The molecule has 0 radical (unpaired) electrons. The Morgan fingerprint density at radius 2 is 2.00 bits per heavy atom. The van der Waals surface area contributed by atoms with Crippen LogP contribution in [-0.2, 0) is 21.4 Å². The van der Waals surface area contributed by atoms with Crippen LogP contribution < -0.4 is 50.6 Å². The first kappa shape index (κ1) is 34.8. The first-order valence-corrected chi connectivity index (χ1v) is 17.9. The Bertz CT molecular complexity index is 1580. The van der Waals surface area contributed by atoms with Gasteiger partial charge in [0.2, 0.25) is 11.1 Å². The SMILES string of the molecule is Cn1nnnc1SCC1=C(C(=O)[O-])N2C(=O)C(NC(=O)CC3=C(NC(=O)N4CCNC4=O)C(=NC4SCCS4)CC=C3)[C@@H]2SC1.[Na+]. The Labute approximate surface area is 302 Å². The number of hydrogen-bond donors (Lipinski definition) is 3. The van der Waals surface area contributed by atoms with Crippen LogP contribution in [0, 0.1) is 0 Å². The molecule has 1 unspecified atom stereocenters. The van der Waals surface area contributed by atoms with Gasteiger partial charge in [0.15, 0.2) is 0 Å². The summed E-state index contributed by atoms with van der Waals surface area (Å²) in [4.78, 5) is 70.8. The second kappa shape index (κ2) is 15.2. The van der Waals surface area contributed by atoms with Crippen molar-refractivity contribution < 1.29 is 58.6 Å². The Morgan fingerprint density at radius 1 is 1.22 bits per heavy atom. The number of β-lactam (4-membered cyclic amide) rings is 1. The minimum atomic E-state index is -1.47. The van der Waals surface area contributed by atoms with Crippen LogP contribution in [0.25, 0.3) is 0 Å². The van der Waals surface area contributed by atoms with Crippen LogP contribution in [0.15, 0.2) is 44.8 Å². The summed E-state index contributed by atoms with van der Waals surface area (Å²) in [5.41, 5.74) is 1.74. The average Bonchev–Trinajstić information content (AvgIpc) is 3.78. The summed E-state index contributed by atoms with van der Waals surface area (Å²) in [5.74, 6) is -0.0456. The molecule has 0 aromatic carbocycles. The van der Waals surface area contributed by atoms with Gasteiger partial charge in [0.05, 0.1) is 29.5 Å². The number of aliphatic imine (C=N–C) groups is 1. The Balaban J connectivity index is 0.00000417. The van der Waals surface area contributed by atoms with E-state index in [9.17, 15) is 29.1 Å². The van der Waals surface area contributed by atoms with E-state index >= 15 is 0 Å². The summed E-state index contributed by atoms with van der Waals surface area (Å²) in [7, 11) is 1.66. The Morgan fingerprint density at radius 3 is 2.67 bits per heavy atom. The molecule has 21 heteroatoms. The van der Waals surface area contributed by atoms with Gasteiger partial charge in [-0.15, -0.1) is 40.4 Å². The van der Waals surface area contributed by atoms with E-state index in [1.54, 1.807) is 36.6 Å². The van der Waals surface area contributed by atoms with Crippen molar-refractivity contribution in [3.63, 3.8) is 0 Å². The van der Waals surface area contributed by atoms with Gasteiger partial charge in [0.25, 0.3) is 5.91 Å². The van der Waals surface area contributed by atoms with Gasteiger partial charge in [-0.1, -0.05) is 23.9 Å². The third-order valence-electron chi connectivity index (χ3n) is 7.30. The second-order valence-corrected chi connectivity index (χ2v) is 14.9. The van der Waals surface area contributed by atoms with E-state index < -0.39 is 41.3 Å². The number of aromatic nitrogens is 4. The van der Waals surface area contributed by atoms with Gasteiger partial charge < -0.3 is 25.9 Å². The number of aryl methyl sites for hydroxylation is 1. The number of thioether (sulfide) groups is 4. The molecule has 1 aliphatic carbocycles. The fraction of sp³-hybridized carbons (Fsp3) is 0.480. The van der Waals surface area contributed by atoms with Crippen LogP contribution in [0.4, 0.5) is 9.59 Å². The first-order chi connectivity index (χ1) is 21.7. The zero-order valence-electron chi connectivity index (χ0n) is 24.8. The van der Waals surface area contributed by atoms with Crippen molar-refractivity contribution in [1.82, 2.24) is 46.0 Å². The van der Waals surface area contributed by atoms with Gasteiger partial charge in [0, 0.05) is 49.6 Å². The normalized spacial score (nSPS) is 23.7. The maximum atomic E-state index is 13.3. The van der Waals surface area contributed by atoms with E-state index in [2.05, 4.69) is 31.5 Å². The number of rotatable bonds is 9. The number of nitrogens with zero attached hydrogens (tertiary/aromatic N) is 7. The molecule has 238 valence electrons. The molecule has 5 aliphatic rings. The molecule has 0 saturated carbocycles. The van der Waals surface area contributed by atoms with Crippen molar-refractivity contribution in [3.8, 4) is 0 Å². The van der Waals surface area contributed by atoms with Crippen LogP contribution in [0.3, 0.4) is 0 Å². The van der Waals surface area contributed by atoms with Gasteiger partial charge in [-0.2, -0.15) is 0 Å². The number of nitrogens with one attached hydrogen (secondary N) is 3. The Kier molecular flexibility index (Phi) is 11.5. The second-order valence-electron chi connectivity index (χ2n) is 10.2. The molecule has 4 aliphatic heterocycles. The number of urea groups is 2. The quantitative estimate of drug-likeness (QED) is 0.128. The van der Waals surface area contributed by atoms with E-state index in [1.807, 2.05) is 6.08 Å². The maximum absolute atomic E-state index is 13.3. The minimum Gasteiger partial charge on any atom is -0.543 e. The van der Waals surface area contributed by atoms with E-state index in [-0.39, 0.29) is 58.7 Å². The number of imide groups is 1. The summed E-state index contributed by atoms with van der Waals surface area (Å²) in [6.45, 7) is 0.556. The number of carboxylic acid groups (broad SMARTS) is 1. The zero-order valence-corrected chi connectivity index (χ0v) is 30.0. The average molecular weight is 715 g/mol. The fourth-order valence-electron chi connectivity index (χ4n) is 5.16. The predicted molar refractivity (Wildman–Crippen MR) is 167 cm³/mol. The smallest absolute Gasteiger partial charge is 0.543 e. The van der Waals surface area contributed by atoms with Crippen LogP contribution in [0.5, 0.6) is 0 Å². The number of amides is 6. The number of carbonyl (C=O) groups excluding carboxylic acids is 5. The monoisotopic (exact) mass is 714 g/mol. The van der Waals surface area contributed by atoms with Gasteiger partial charge in [-0.3, -0.25) is 19.5 Å². The van der Waals surface area contributed by atoms with Gasteiger partial charge in [-0.25, -0.2) is 19.2 Å². The molecule has 1 aromatic rings. The molecule has 0 bridgehead atoms. The standard InChI is InChI=1S/C25H28N10O6S4.Na/c1-33-24(30-31-32-33)45-11-13-10-44-20-17(19(37)35(20)18(13)21(38)39)28-15(36)9-12-3-2-4-14(27-25-42-7-8-43-25)16(12)29-23(41)34-6-5-26-22(34)40;/h2-3,17,20,25H,4-11H2,1H3,(H,26,40)(H,28,36)(H,29,41)(H,38,39);/q;+1/p-1/t17?,20-;/m0./s1. The van der Waals surface area contributed by atoms with Crippen molar-refractivity contribution >= 4 is 82.6 Å². The van der Waals surface area contributed by atoms with Crippen molar-refractivity contribution in [1.29, 1.82) is 0 Å². The van der Waals surface area contributed by atoms with E-state index in [0.717, 1.165) is 21.3 Å². The molecule has 16 nitrogen and oxygen atoms in total. The molecule has 46 heavy (non-hydrogen) atoms. The first-order valence-electron chi connectivity index (χ1n) is 13.8. The number of fused-ring (bicyclic) bond motifs is 1. The number of carbonyl (C=O) groups is 5. The summed E-state index contributed by atoms with van der Waals surface area (Å²) in [6, 6.07) is -2.07. The largest absolute Gasteiger partial charge is 1.00 e. The molecule has 0 spiro atoms. The molecule has 3 saturated heterocycles.